The fourth-order valence-electron chi connectivity index (χ4n) is 3.87. The Morgan fingerprint density at radius 3 is 2.72 bits per heavy atom. The molecule has 1 aromatic heterocycles. The van der Waals surface area contributed by atoms with Gasteiger partial charge in [0.25, 0.3) is 5.91 Å². The Kier molecular flexibility index (Phi) is 5.93. The Morgan fingerprint density at radius 2 is 2.00 bits per heavy atom. The molecule has 0 aliphatic heterocycles. The van der Waals surface area contributed by atoms with Gasteiger partial charge in [0.15, 0.2) is 0 Å². The molecule has 3 aromatic rings. The molecule has 2 aromatic carbocycles. The molecule has 1 unspecified atom stereocenters. The highest BCUT2D eigenvalue weighted by Gasteiger charge is 2.29. The smallest absolute Gasteiger partial charge is 0.253 e. The highest BCUT2D eigenvalue weighted by atomic mass is 19.1. The molecule has 148 valence electrons. The predicted molar refractivity (Wildman–Crippen MR) is 112 cm³/mol. The number of carbonyl (C=O) groups excluding carboxylic acids is 1. The number of nitrogens with zero attached hydrogens (tertiary/aromatic N) is 2. The molecule has 1 amide bonds. The SMILES string of the molecule is CC(C)CC(C)(Cc1ccccc1C#N)NC(=O)c1cnc2c(F)cccc2c1. The number of hydrogen-bond acceptors (Lipinski definition) is 3. The molecular formula is C24H24FN3O. The minimum atomic E-state index is -0.547. The summed E-state index contributed by atoms with van der Waals surface area (Å²) in [6.45, 7) is 6.19. The van der Waals surface area contributed by atoms with Crippen molar-refractivity contribution in [1.29, 1.82) is 5.26 Å². The first-order valence-electron chi connectivity index (χ1n) is 9.66. The molecule has 0 saturated heterocycles. The van der Waals surface area contributed by atoms with Gasteiger partial charge in [-0.15, -0.1) is 0 Å². The summed E-state index contributed by atoms with van der Waals surface area (Å²) >= 11 is 0. The van der Waals surface area contributed by atoms with E-state index in [1.807, 2.05) is 25.1 Å². The van der Waals surface area contributed by atoms with Gasteiger partial charge in [-0.05, 0) is 49.4 Å². The van der Waals surface area contributed by atoms with Crippen LogP contribution in [-0.2, 0) is 6.42 Å². The minimum Gasteiger partial charge on any atom is -0.346 e. The number of nitriles is 1. The number of fused-ring (bicyclic) bond motifs is 1. The minimum absolute atomic E-state index is 0.247. The van der Waals surface area contributed by atoms with Crippen molar-refractivity contribution in [3.63, 3.8) is 0 Å². The summed E-state index contributed by atoms with van der Waals surface area (Å²) < 4.78 is 13.9. The normalized spacial score (nSPS) is 13.1. The molecule has 0 aliphatic carbocycles. The molecule has 29 heavy (non-hydrogen) atoms. The highest BCUT2D eigenvalue weighted by Crippen LogP contribution is 2.25. The first-order valence-corrected chi connectivity index (χ1v) is 9.66. The zero-order valence-electron chi connectivity index (χ0n) is 16.9. The Hall–Kier alpha value is -3.26. The average molecular weight is 389 g/mol. The van der Waals surface area contributed by atoms with E-state index >= 15 is 0 Å². The van der Waals surface area contributed by atoms with Crippen LogP contribution in [0.5, 0.6) is 0 Å². The van der Waals surface area contributed by atoms with E-state index in [0.29, 0.717) is 28.9 Å². The molecule has 5 heteroatoms. The fraction of sp³-hybridized carbons (Fsp3) is 0.292. The number of carbonyl (C=O) groups is 1. The van der Waals surface area contributed by atoms with Crippen LogP contribution in [0, 0.1) is 23.1 Å². The van der Waals surface area contributed by atoms with Crippen molar-refractivity contribution in [2.45, 2.75) is 39.2 Å². The zero-order chi connectivity index (χ0) is 21.0. The third-order valence-electron chi connectivity index (χ3n) is 4.92. The maximum Gasteiger partial charge on any atom is 0.253 e. The van der Waals surface area contributed by atoms with Crippen LogP contribution in [0.1, 0.15) is 48.7 Å². The number of aromatic nitrogens is 1. The van der Waals surface area contributed by atoms with Gasteiger partial charge < -0.3 is 5.32 Å². The van der Waals surface area contributed by atoms with Gasteiger partial charge in [0.2, 0.25) is 0 Å². The third kappa shape index (κ3) is 4.78. The third-order valence-corrected chi connectivity index (χ3v) is 4.92. The van der Waals surface area contributed by atoms with Crippen LogP contribution in [0.4, 0.5) is 4.39 Å². The van der Waals surface area contributed by atoms with Gasteiger partial charge in [-0.25, -0.2) is 4.39 Å². The van der Waals surface area contributed by atoms with Gasteiger partial charge in [-0.2, -0.15) is 5.26 Å². The maximum atomic E-state index is 13.9. The fourth-order valence-corrected chi connectivity index (χ4v) is 3.87. The number of benzene rings is 2. The lowest BCUT2D eigenvalue weighted by Gasteiger charge is -2.33. The Morgan fingerprint density at radius 1 is 1.24 bits per heavy atom. The van der Waals surface area contributed by atoms with Gasteiger partial charge >= 0.3 is 0 Å². The van der Waals surface area contributed by atoms with Crippen LogP contribution in [0.25, 0.3) is 10.9 Å². The van der Waals surface area contributed by atoms with E-state index in [1.165, 1.54) is 12.3 Å². The molecule has 0 radical (unpaired) electrons. The molecule has 0 spiro atoms. The van der Waals surface area contributed by atoms with Gasteiger partial charge in [-0.3, -0.25) is 9.78 Å². The number of hydrogen-bond donors (Lipinski definition) is 1. The molecule has 3 rings (SSSR count). The van der Waals surface area contributed by atoms with Crippen LogP contribution in [0.2, 0.25) is 0 Å². The molecule has 0 aliphatic rings. The second-order valence-corrected chi connectivity index (χ2v) is 8.09. The van der Waals surface area contributed by atoms with Crippen LogP contribution >= 0.6 is 0 Å². The molecular weight excluding hydrogens is 365 g/mol. The summed E-state index contributed by atoms with van der Waals surface area (Å²) in [6.07, 6.45) is 2.68. The van der Waals surface area contributed by atoms with Crippen molar-refractivity contribution >= 4 is 16.8 Å². The van der Waals surface area contributed by atoms with E-state index in [9.17, 15) is 14.4 Å². The summed E-state index contributed by atoms with van der Waals surface area (Å²) in [5.74, 6) is -0.327. The highest BCUT2D eigenvalue weighted by molar-refractivity contribution is 5.97. The zero-order valence-corrected chi connectivity index (χ0v) is 16.9. The van der Waals surface area contributed by atoms with Crippen LogP contribution in [0.15, 0.2) is 54.7 Å². The van der Waals surface area contributed by atoms with Crippen LogP contribution < -0.4 is 5.32 Å². The van der Waals surface area contributed by atoms with Crippen molar-refractivity contribution in [3.05, 3.63) is 77.2 Å². The van der Waals surface area contributed by atoms with Crippen LogP contribution in [-0.4, -0.2) is 16.4 Å². The molecule has 0 bridgehead atoms. The Balaban J connectivity index is 1.89. The standard InChI is InChI=1S/C24H24FN3O/c1-16(2)12-24(3,13-18-7-4-5-8-19(18)14-26)28-23(29)20-11-17-9-6-10-21(25)22(17)27-15-20/h4-11,15-16H,12-13H2,1-3H3,(H,28,29). The van der Waals surface area contributed by atoms with Crippen LogP contribution in [0.3, 0.4) is 0 Å². The summed E-state index contributed by atoms with van der Waals surface area (Å²) in [5.41, 5.74) is 1.59. The lowest BCUT2D eigenvalue weighted by atomic mass is 9.83. The monoisotopic (exact) mass is 389 g/mol. The van der Waals surface area contributed by atoms with Gasteiger partial charge in [0.05, 0.1) is 17.2 Å². The van der Waals surface area contributed by atoms with Gasteiger partial charge in [-0.1, -0.05) is 44.2 Å². The largest absolute Gasteiger partial charge is 0.346 e. The topological polar surface area (TPSA) is 65.8 Å². The molecule has 0 saturated carbocycles. The number of rotatable bonds is 6. The quantitative estimate of drug-likeness (QED) is 0.643. The first kappa shape index (κ1) is 20.5. The molecule has 1 N–H and O–H groups in total. The Labute approximate surface area is 170 Å². The van der Waals surface area contributed by atoms with Crippen molar-refractivity contribution < 1.29 is 9.18 Å². The number of halogens is 1. The number of amides is 1. The lowest BCUT2D eigenvalue weighted by molar-refractivity contribution is 0.0894. The van der Waals surface area contributed by atoms with Crippen molar-refractivity contribution in [3.8, 4) is 6.07 Å². The maximum absolute atomic E-state index is 13.9. The lowest BCUT2D eigenvalue weighted by Crippen LogP contribution is -2.48. The number of nitrogens with one attached hydrogen (secondary N) is 1. The number of pyridine rings is 1. The second kappa shape index (κ2) is 8.40. The summed E-state index contributed by atoms with van der Waals surface area (Å²) in [6, 6.07) is 16.0. The van der Waals surface area contributed by atoms with E-state index in [0.717, 1.165) is 12.0 Å². The van der Waals surface area contributed by atoms with Gasteiger partial charge in [0.1, 0.15) is 11.3 Å². The van der Waals surface area contributed by atoms with Crippen molar-refractivity contribution in [1.82, 2.24) is 10.3 Å². The first-order chi connectivity index (χ1) is 13.8. The molecule has 1 atom stereocenters. The van der Waals surface area contributed by atoms with E-state index < -0.39 is 11.4 Å². The summed E-state index contributed by atoms with van der Waals surface area (Å²) in [5, 5.41) is 13.1. The Bertz CT molecular complexity index is 1090. The summed E-state index contributed by atoms with van der Waals surface area (Å²) in [7, 11) is 0. The van der Waals surface area contributed by atoms with E-state index in [4.69, 9.17) is 0 Å². The van der Waals surface area contributed by atoms with Gasteiger partial charge in [0, 0.05) is 17.1 Å². The second-order valence-electron chi connectivity index (χ2n) is 8.09. The number of para-hydroxylation sites is 1. The molecule has 1 heterocycles. The van der Waals surface area contributed by atoms with E-state index in [2.05, 4.69) is 30.2 Å². The summed E-state index contributed by atoms with van der Waals surface area (Å²) in [4.78, 5) is 17.1. The average Bonchev–Trinajstić information content (AvgIpc) is 2.67. The van der Waals surface area contributed by atoms with E-state index in [1.54, 1.807) is 24.3 Å². The van der Waals surface area contributed by atoms with Crippen molar-refractivity contribution in [2.24, 2.45) is 5.92 Å². The van der Waals surface area contributed by atoms with Crippen molar-refractivity contribution in [2.75, 3.05) is 0 Å². The predicted octanol–water partition coefficient (Wildman–Crippen LogP) is 5.02. The molecule has 0 fully saturated rings. The molecule has 4 nitrogen and oxygen atoms in total. The van der Waals surface area contributed by atoms with E-state index in [-0.39, 0.29) is 11.4 Å².